The Balaban J connectivity index is 2.41. The van der Waals surface area contributed by atoms with Crippen LogP contribution in [0.3, 0.4) is 0 Å². The Morgan fingerprint density at radius 3 is 2.64 bits per heavy atom. The molecule has 0 aliphatic carbocycles. The zero-order chi connectivity index (χ0) is 10.8. The Hall–Kier alpha value is -1.08. The van der Waals surface area contributed by atoms with Gasteiger partial charge in [-0.25, -0.2) is 4.79 Å². The molecule has 4 nitrogen and oxygen atoms in total. The summed E-state index contributed by atoms with van der Waals surface area (Å²) >= 11 is 0. The maximum atomic E-state index is 11.5. The zero-order valence-electron chi connectivity index (χ0n) is 8.91. The van der Waals surface area contributed by atoms with Crippen LogP contribution in [0.5, 0.6) is 0 Å². The lowest BCUT2D eigenvalue weighted by atomic mass is 9.98. The van der Waals surface area contributed by atoms with E-state index in [2.05, 4.69) is 6.07 Å². The van der Waals surface area contributed by atoms with Gasteiger partial charge in [-0.1, -0.05) is 0 Å². The van der Waals surface area contributed by atoms with E-state index in [1.807, 2.05) is 20.8 Å². The van der Waals surface area contributed by atoms with Crippen LogP contribution in [0, 0.1) is 22.7 Å². The van der Waals surface area contributed by atoms with Crippen molar-refractivity contribution in [2.75, 3.05) is 13.1 Å². The first-order valence-electron chi connectivity index (χ1n) is 4.80. The van der Waals surface area contributed by atoms with Gasteiger partial charge in [0.2, 0.25) is 0 Å². The summed E-state index contributed by atoms with van der Waals surface area (Å²) in [5.74, 6) is -0.237. The molecular weight excluding hydrogens is 180 g/mol. The first-order chi connectivity index (χ1) is 6.43. The Bertz CT molecular complexity index is 262. The molecule has 1 atom stereocenters. The molecule has 1 fully saturated rings. The van der Waals surface area contributed by atoms with E-state index in [9.17, 15) is 4.79 Å². The van der Waals surface area contributed by atoms with Crippen LogP contribution >= 0.6 is 0 Å². The molecule has 0 aromatic carbocycles. The van der Waals surface area contributed by atoms with E-state index in [0.717, 1.165) is 6.42 Å². The van der Waals surface area contributed by atoms with Crippen LogP contribution in [-0.4, -0.2) is 24.1 Å². The predicted octanol–water partition coefficient (Wildman–Crippen LogP) is 1.34. The summed E-state index contributed by atoms with van der Waals surface area (Å²) in [5.41, 5.74) is -0.481. The van der Waals surface area contributed by atoms with Crippen LogP contribution in [0.1, 0.15) is 27.2 Å². The minimum atomic E-state index is -0.481. The predicted molar refractivity (Wildman–Crippen MR) is 50.8 cm³/mol. The van der Waals surface area contributed by atoms with Gasteiger partial charge >= 0.3 is 5.97 Å². The van der Waals surface area contributed by atoms with Gasteiger partial charge in [0.25, 0.3) is 0 Å². The molecule has 0 aromatic rings. The fraction of sp³-hybridized carbons (Fsp3) is 0.800. The van der Waals surface area contributed by atoms with Gasteiger partial charge in [0.05, 0.1) is 23.9 Å². The molecular formula is C10H16N2O2. The number of rotatable bonds is 1. The second kappa shape index (κ2) is 3.97. The third kappa shape index (κ3) is 2.71. The van der Waals surface area contributed by atoms with Gasteiger partial charge in [0.1, 0.15) is 0 Å². The quantitative estimate of drug-likeness (QED) is 0.635. The number of nitrogens with zero attached hydrogens (tertiary/aromatic N) is 2. The number of carbonyl (C=O) groups is 1. The first-order valence-corrected chi connectivity index (χ1v) is 4.80. The average molecular weight is 196 g/mol. The van der Waals surface area contributed by atoms with Gasteiger partial charge in [-0.15, -0.1) is 5.06 Å². The fourth-order valence-electron chi connectivity index (χ4n) is 1.17. The molecule has 0 amide bonds. The molecule has 0 spiro atoms. The highest BCUT2D eigenvalue weighted by molar-refractivity contribution is 5.75. The van der Waals surface area contributed by atoms with E-state index in [4.69, 9.17) is 10.1 Å². The number of carbonyl (C=O) groups excluding carboxylic acids is 1. The molecule has 1 aliphatic heterocycles. The van der Waals surface area contributed by atoms with Crippen molar-refractivity contribution in [2.24, 2.45) is 11.3 Å². The van der Waals surface area contributed by atoms with E-state index >= 15 is 0 Å². The molecule has 1 saturated heterocycles. The molecule has 1 heterocycles. The summed E-state index contributed by atoms with van der Waals surface area (Å²) in [5, 5.41) is 10.2. The van der Waals surface area contributed by atoms with Crippen molar-refractivity contribution in [1.82, 2.24) is 5.06 Å². The third-order valence-electron chi connectivity index (χ3n) is 2.16. The van der Waals surface area contributed by atoms with Crippen LogP contribution < -0.4 is 0 Å². The standard InChI is InChI=1S/C10H16N2O2/c1-10(2,3)9(13)14-12-5-4-8(6-11)7-12/h8H,4-5,7H2,1-3H3. The van der Waals surface area contributed by atoms with Gasteiger partial charge in [-0.3, -0.25) is 0 Å². The molecule has 0 aromatic heterocycles. The molecule has 0 N–H and O–H groups in total. The van der Waals surface area contributed by atoms with Gasteiger partial charge in [-0.2, -0.15) is 5.26 Å². The van der Waals surface area contributed by atoms with E-state index < -0.39 is 5.41 Å². The lowest BCUT2D eigenvalue weighted by molar-refractivity contribution is -0.195. The van der Waals surface area contributed by atoms with Crippen LogP contribution in [0.2, 0.25) is 0 Å². The second-order valence-corrected chi connectivity index (χ2v) is 4.63. The van der Waals surface area contributed by atoms with Crippen molar-refractivity contribution in [2.45, 2.75) is 27.2 Å². The van der Waals surface area contributed by atoms with Gasteiger partial charge < -0.3 is 4.84 Å². The maximum Gasteiger partial charge on any atom is 0.330 e. The third-order valence-corrected chi connectivity index (χ3v) is 2.16. The average Bonchev–Trinajstić information content (AvgIpc) is 2.50. The Labute approximate surface area is 84.4 Å². The second-order valence-electron chi connectivity index (χ2n) is 4.63. The Morgan fingerprint density at radius 2 is 2.21 bits per heavy atom. The highest BCUT2D eigenvalue weighted by Gasteiger charge is 2.30. The van der Waals surface area contributed by atoms with E-state index in [1.54, 1.807) is 5.06 Å². The molecule has 0 saturated carbocycles. The first kappa shape index (κ1) is 11.0. The number of hydrogen-bond acceptors (Lipinski definition) is 4. The lowest BCUT2D eigenvalue weighted by Crippen LogP contribution is -2.32. The molecule has 0 bridgehead atoms. The molecule has 14 heavy (non-hydrogen) atoms. The van der Waals surface area contributed by atoms with Crippen molar-refractivity contribution in [1.29, 1.82) is 5.26 Å². The SMILES string of the molecule is CC(C)(C)C(=O)ON1CCC(C#N)C1. The van der Waals surface area contributed by atoms with Crippen LogP contribution in [0.15, 0.2) is 0 Å². The fourth-order valence-corrected chi connectivity index (χ4v) is 1.17. The molecule has 1 rings (SSSR count). The topological polar surface area (TPSA) is 53.3 Å². The normalized spacial score (nSPS) is 23.1. The minimum absolute atomic E-state index is 0.00256. The summed E-state index contributed by atoms with van der Waals surface area (Å²) in [4.78, 5) is 16.6. The minimum Gasteiger partial charge on any atom is -0.367 e. The maximum absolute atomic E-state index is 11.5. The van der Waals surface area contributed by atoms with Crippen molar-refractivity contribution < 1.29 is 9.63 Å². The Morgan fingerprint density at radius 1 is 1.57 bits per heavy atom. The lowest BCUT2D eigenvalue weighted by Gasteiger charge is -2.21. The summed E-state index contributed by atoms with van der Waals surface area (Å²) in [6.07, 6.45) is 0.786. The van der Waals surface area contributed by atoms with Crippen LogP contribution in [0.4, 0.5) is 0 Å². The van der Waals surface area contributed by atoms with Gasteiger partial charge in [0.15, 0.2) is 0 Å². The van der Waals surface area contributed by atoms with E-state index in [1.165, 1.54) is 0 Å². The number of hydrogen-bond donors (Lipinski definition) is 0. The van der Waals surface area contributed by atoms with Gasteiger partial charge in [-0.05, 0) is 27.2 Å². The monoisotopic (exact) mass is 196 g/mol. The number of nitriles is 1. The molecule has 1 aliphatic rings. The smallest absolute Gasteiger partial charge is 0.330 e. The van der Waals surface area contributed by atoms with Crippen LogP contribution in [-0.2, 0) is 9.63 Å². The van der Waals surface area contributed by atoms with Gasteiger partial charge in [0, 0.05) is 6.54 Å². The summed E-state index contributed by atoms with van der Waals surface area (Å²) in [6, 6.07) is 2.17. The summed E-state index contributed by atoms with van der Waals surface area (Å²) in [7, 11) is 0. The summed E-state index contributed by atoms with van der Waals surface area (Å²) < 4.78 is 0. The van der Waals surface area contributed by atoms with Crippen molar-refractivity contribution in [3.63, 3.8) is 0 Å². The van der Waals surface area contributed by atoms with Crippen molar-refractivity contribution in [3.05, 3.63) is 0 Å². The van der Waals surface area contributed by atoms with E-state index in [0.29, 0.717) is 13.1 Å². The summed E-state index contributed by atoms with van der Waals surface area (Å²) in [6.45, 7) is 6.64. The molecule has 78 valence electrons. The van der Waals surface area contributed by atoms with E-state index in [-0.39, 0.29) is 11.9 Å². The highest BCUT2D eigenvalue weighted by atomic mass is 16.7. The van der Waals surface area contributed by atoms with Crippen LogP contribution in [0.25, 0.3) is 0 Å². The zero-order valence-corrected chi connectivity index (χ0v) is 8.91. The molecule has 0 radical (unpaired) electrons. The van der Waals surface area contributed by atoms with Crippen molar-refractivity contribution in [3.8, 4) is 6.07 Å². The number of hydroxylamine groups is 2. The largest absolute Gasteiger partial charge is 0.367 e. The molecule has 4 heteroatoms. The molecule has 1 unspecified atom stereocenters. The van der Waals surface area contributed by atoms with Crippen molar-refractivity contribution >= 4 is 5.97 Å². The highest BCUT2D eigenvalue weighted by Crippen LogP contribution is 2.20. The Kier molecular flexibility index (Phi) is 3.12.